The van der Waals surface area contributed by atoms with Gasteiger partial charge in [0.2, 0.25) is 0 Å². The van der Waals surface area contributed by atoms with Gasteiger partial charge >= 0.3 is 0 Å². The molecule has 2 amide bonds. The van der Waals surface area contributed by atoms with Gasteiger partial charge in [-0.15, -0.1) is 0 Å². The van der Waals surface area contributed by atoms with Gasteiger partial charge in [0.1, 0.15) is 5.75 Å². The predicted molar refractivity (Wildman–Crippen MR) is 110 cm³/mol. The van der Waals surface area contributed by atoms with Crippen molar-refractivity contribution in [3.05, 3.63) is 53.6 Å². The molecule has 1 unspecified atom stereocenters. The third-order valence-electron chi connectivity index (χ3n) is 4.33. The average molecular weight is 400 g/mol. The Morgan fingerprint density at radius 1 is 0.931 bits per heavy atom. The third-order valence-corrected chi connectivity index (χ3v) is 4.33. The van der Waals surface area contributed by atoms with Crippen molar-refractivity contribution in [3.63, 3.8) is 0 Å². The Hall–Kier alpha value is -3.22. The topological polar surface area (TPSA) is 85.9 Å². The number of carbonyl (C=O) groups is 2. The minimum Gasteiger partial charge on any atom is -0.493 e. The molecule has 2 N–H and O–H groups in total. The van der Waals surface area contributed by atoms with Gasteiger partial charge in [-0.2, -0.15) is 0 Å². The van der Waals surface area contributed by atoms with Crippen LogP contribution in [0.1, 0.15) is 43.6 Å². The van der Waals surface area contributed by atoms with Crippen LogP contribution in [0, 0.1) is 0 Å². The number of nitrogens with one attached hydrogen (secondary N) is 2. The average Bonchev–Trinajstić information content (AvgIpc) is 2.70. The summed E-state index contributed by atoms with van der Waals surface area (Å²) in [4.78, 5) is 24.6. The number of ether oxygens (including phenoxy) is 3. The summed E-state index contributed by atoms with van der Waals surface area (Å²) in [5, 5.41) is 0. The number of methoxy groups -OCH3 is 2. The molecule has 2 aromatic carbocycles. The van der Waals surface area contributed by atoms with Gasteiger partial charge in [-0.1, -0.05) is 32.9 Å². The number of carbonyl (C=O) groups excluding carboxylic acids is 2. The van der Waals surface area contributed by atoms with Crippen LogP contribution in [0.15, 0.2) is 42.5 Å². The molecule has 0 spiro atoms. The van der Waals surface area contributed by atoms with Crippen LogP contribution in [-0.4, -0.2) is 32.1 Å². The van der Waals surface area contributed by atoms with Crippen molar-refractivity contribution in [3.8, 4) is 17.2 Å². The molecule has 0 radical (unpaired) electrons. The molecule has 0 aliphatic carbocycles. The second-order valence-corrected chi connectivity index (χ2v) is 7.55. The van der Waals surface area contributed by atoms with E-state index in [-0.39, 0.29) is 5.41 Å². The summed E-state index contributed by atoms with van der Waals surface area (Å²) >= 11 is 0. The molecule has 2 rings (SSSR count). The Labute approximate surface area is 171 Å². The summed E-state index contributed by atoms with van der Waals surface area (Å²) in [5.74, 6) is 0.557. The molecule has 7 heteroatoms. The lowest BCUT2D eigenvalue weighted by atomic mass is 9.87. The van der Waals surface area contributed by atoms with Crippen molar-refractivity contribution >= 4 is 11.8 Å². The molecule has 7 nitrogen and oxygen atoms in total. The van der Waals surface area contributed by atoms with Crippen LogP contribution < -0.4 is 25.1 Å². The second kappa shape index (κ2) is 9.32. The number of hydrogen-bond acceptors (Lipinski definition) is 5. The first kappa shape index (κ1) is 22.1. The molecule has 156 valence electrons. The lowest BCUT2D eigenvalue weighted by molar-refractivity contribution is -0.128. The van der Waals surface area contributed by atoms with E-state index in [1.807, 2.05) is 18.2 Å². The lowest BCUT2D eigenvalue weighted by Gasteiger charge is -2.21. The normalized spacial score (nSPS) is 11.9. The summed E-state index contributed by atoms with van der Waals surface area (Å²) in [5.41, 5.74) is 6.14. The number of benzene rings is 2. The molecular formula is C22H28N2O5. The van der Waals surface area contributed by atoms with Gasteiger partial charge in [0.25, 0.3) is 11.8 Å². The fraction of sp³-hybridized carbons (Fsp3) is 0.364. The molecule has 0 saturated carbocycles. The van der Waals surface area contributed by atoms with Crippen molar-refractivity contribution in [1.82, 2.24) is 10.9 Å². The maximum Gasteiger partial charge on any atom is 0.279 e. The molecule has 29 heavy (non-hydrogen) atoms. The molecule has 0 fully saturated rings. The van der Waals surface area contributed by atoms with Crippen LogP contribution in [0.2, 0.25) is 0 Å². The van der Waals surface area contributed by atoms with Gasteiger partial charge in [0.05, 0.1) is 14.2 Å². The van der Waals surface area contributed by atoms with E-state index in [0.29, 0.717) is 22.8 Å². The van der Waals surface area contributed by atoms with Crippen LogP contribution in [0.5, 0.6) is 17.2 Å². The zero-order valence-corrected chi connectivity index (χ0v) is 17.7. The summed E-state index contributed by atoms with van der Waals surface area (Å²) < 4.78 is 16.0. The van der Waals surface area contributed by atoms with Crippen LogP contribution >= 0.6 is 0 Å². The van der Waals surface area contributed by atoms with E-state index in [2.05, 4.69) is 31.6 Å². The molecule has 0 aliphatic heterocycles. The summed E-state index contributed by atoms with van der Waals surface area (Å²) in [6.45, 7) is 7.92. The van der Waals surface area contributed by atoms with E-state index in [9.17, 15) is 9.59 Å². The number of hydrazine groups is 1. The van der Waals surface area contributed by atoms with Crippen LogP contribution in [0.4, 0.5) is 0 Å². The fourth-order valence-corrected chi connectivity index (χ4v) is 2.56. The first-order valence-corrected chi connectivity index (χ1v) is 9.25. The predicted octanol–water partition coefficient (Wildman–Crippen LogP) is 3.23. The Kier molecular flexibility index (Phi) is 7.09. The molecule has 0 aliphatic rings. The largest absolute Gasteiger partial charge is 0.493 e. The van der Waals surface area contributed by atoms with E-state index in [1.54, 1.807) is 25.1 Å². The van der Waals surface area contributed by atoms with Crippen LogP contribution in [0.3, 0.4) is 0 Å². The number of hydrogen-bond donors (Lipinski definition) is 2. The number of rotatable bonds is 6. The smallest absolute Gasteiger partial charge is 0.279 e. The maximum absolute atomic E-state index is 12.3. The zero-order valence-electron chi connectivity index (χ0n) is 17.7. The highest BCUT2D eigenvalue weighted by Crippen LogP contribution is 2.27. The first-order valence-electron chi connectivity index (χ1n) is 9.25. The molecular weight excluding hydrogens is 372 g/mol. The van der Waals surface area contributed by atoms with Crippen molar-refractivity contribution < 1.29 is 23.8 Å². The second-order valence-electron chi connectivity index (χ2n) is 7.55. The van der Waals surface area contributed by atoms with E-state index in [0.717, 1.165) is 5.56 Å². The molecule has 0 aromatic heterocycles. The fourth-order valence-electron chi connectivity index (χ4n) is 2.56. The molecule has 0 heterocycles. The van der Waals surface area contributed by atoms with E-state index < -0.39 is 17.9 Å². The first-order chi connectivity index (χ1) is 13.7. The Morgan fingerprint density at radius 3 is 2.24 bits per heavy atom. The SMILES string of the molecule is COc1ccc(C(=O)NNC(=O)C(C)Oc2cccc(C(C)(C)C)c2)cc1OC. The van der Waals surface area contributed by atoms with Crippen LogP contribution in [0.25, 0.3) is 0 Å². The minimum atomic E-state index is -0.795. The highest BCUT2D eigenvalue weighted by atomic mass is 16.5. The van der Waals surface area contributed by atoms with Crippen molar-refractivity contribution in [2.24, 2.45) is 0 Å². The minimum absolute atomic E-state index is 0.0295. The van der Waals surface area contributed by atoms with Gasteiger partial charge in [-0.3, -0.25) is 20.4 Å². The molecule has 1 atom stereocenters. The van der Waals surface area contributed by atoms with Crippen molar-refractivity contribution in [2.75, 3.05) is 14.2 Å². The Morgan fingerprint density at radius 2 is 1.62 bits per heavy atom. The maximum atomic E-state index is 12.3. The van der Waals surface area contributed by atoms with E-state index in [1.165, 1.54) is 20.3 Å². The van der Waals surface area contributed by atoms with E-state index >= 15 is 0 Å². The lowest BCUT2D eigenvalue weighted by Crippen LogP contribution is -2.47. The van der Waals surface area contributed by atoms with Crippen molar-refractivity contribution in [1.29, 1.82) is 0 Å². The Balaban J connectivity index is 1.96. The highest BCUT2D eigenvalue weighted by molar-refractivity contribution is 5.96. The van der Waals surface area contributed by atoms with Gasteiger partial charge in [-0.05, 0) is 48.2 Å². The molecule has 0 bridgehead atoms. The summed E-state index contributed by atoms with van der Waals surface area (Å²) in [6, 6.07) is 12.3. The Bertz CT molecular complexity index is 874. The summed E-state index contributed by atoms with van der Waals surface area (Å²) in [6.07, 6.45) is -0.795. The van der Waals surface area contributed by atoms with Gasteiger partial charge in [-0.25, -0.2) is 0 Å². The monoisotopic (exact) mass is 400 g/mol. The molecule has 0 saturated heterocycles. The highest BCUT2D eigenvalue weighted by Gasteiger charge is 2.19. The van der Waals surface area contributed by atoms with Crippen molar-refractivity contribution in [2.45, 2.75) is 39.2 Å². The van der Waals surface area contributed by atoms with Gasteiger partial charge < -0.3 is 14.2 Å². The van der Waals surface area contributed by atoms with Gasteiger partial charge in [0.15, 0.2) is 17.6 Å². The quantitative estimate of drug-likeness (QED) is 0.727. The third kappa shape index (κ3) is 5.88. The molecule has 2 aromatic rings. The van der Waals surface area contributed by atoms with Crippen LogP contribution in [-0.2, 0) is 10.2 Å². The number of amides is 2. The standard InChI is InChI=1S/C22H28N2O5/c1-14(29-17-9-7-8-16(13-17)22(2,3)4)20(25)23-24-21(26)15-10-11-18(27-5)19(12-15)28-6/h7-14H,1-6H3,(H,23,25)(H,24,26). The zero-order chi connectivity index (χ0) is 21.6. The van der Waals surface area contributed by atoms with E-state index in [4.69, 9.17) is 14.2 Å². The van der Waals surface area contributed by atoms with Gasteiger partial charge in [0, 0.05) is 5.56 Å². The summed E-state index contributed by atoms with van der Waals surface area (Å²) in [7, 11) is 2.99.